The van der Waals surface area contributed by atoms with Crippen LogP contribution in [0.4, 0.5) is 0 Å². The van der Waals surface area contributed by atoms with Gasteiger partial charge in [-0.15, -0.1) is 0 Å². The van der Waals surface area contributed by atoms with E-state index in [1.165, 1.54) is 6.26 Å². The largest absolute Gasteiger partial charge is 0.379 e. The first-order chi connectivity index (χ1) is 9.59. The molecule has 1 fully saturated rings. The van der Waals surface area contributed by atoms with Crippen LogP contribution in [0, 0.1) is 11.3 Å². The SMILES string of the molecule is COC(C(CC1CCCN(S(C)(=O)=O)C1)NN)C(C)(C)C. The monoisotopic (exact) mass is 321 g/mol. The van der Waals surface area contributed by atoms with E-state index in [1.807, 2.05) is 0 Å². The fourth-order valence-electron chi connectivity index (χ4n) is 3.28. The minimum absolute atomic E-state index is 0.0134. The van der Waals surface area contributed by atoms with E-state index < -0.39 is 10.0 Å². The number of ether oxygens (including phenoxy) is 1. The maximum Gasteiger partial charge on any atom is 0.211 e. The number of methoxy groups -OCH3 is 1. The summed E-state index contributed by atoms with van der Waals surface area (Å²) in [4.78, 5) is 0. The number of nitrogens with two attached hydrogens (primary N) is 1. The van der Waals surface area contributed by atoms with Gasteiger partial charge in [0, 0.05) is 26.2 Å². The normalized spacial score (nSPS) is 24.8. The Kier molecular flexibility index (Phi) is 6.61. The van der Waals surface area contributed by atoms with Crippen molar-refractivity contribution in [3.8, 4) is 0 Å². The summed E-state index contributed by atoms with van der Waals surface area (Å²) in [6.07, 6.45) is 4.02. The summed E-state index contributed by atoms with van der Waals surface area (Å²) in [7, 11) is -1.41. The third kappa shape index (κ3) is 5.49. The predicted octanol–water partition coefficient (Wildman–Crippen LogP) is 0.941. The highest BCUT2D eigenvalue weighted by atomic mass is 32.2. The summed E-state index contributed by atoms with van der Waals surface area (Å²) in [6, 6.07) is 0.0134. The van der Waals surface area contributed by atoms with Gasteiger partial charge in [-0.2, -0.15) is 0 Å². The molecule has 1 aliphatic rings. The zero-order valence-corrected chi connectivity index (χ0v) is 14.7. The summed E-state index contributed by atoms with van der Waals surface area (Å²) >= 11 is 0. The number of nitrogens with zero attached hydrogens (tertiary/aromatic N) is 1. The quantitative estimate of drug-likeness (QED) is 0.562. The molecule has 0 aliphatic carbocycles. The molecule has 7 heteroatoms. The standard InChI is InChI=1S/C14H31N3O3S/c1-14(2,3)13(20-4)12(16-15)9-11-7-6-8-17(10-11)21(5,18)19/h11-13,16H,6-10,15H2,1-5H3. The molecule has 0 aromatic carbocycles. The molecule has 0 spiro atoms. The molecule has 0 amide bonds. The van der Waals surface area contributed by atoms with Gasteiger partial charge in [-0.05, 0) is 30.6 Å². The average molecular weight is 321 g/mol. The lowest BCUT2D eigenvalue weighted by molar-refractivity contribution is -0.0186. The van der Waals surface area contributed by atoms with Crippen molar-refractivity contribution >= 4 is 10.0 Å². The predicted molar refractivity (Wildman–Crippen MR) is 85.1 cm³/mol. The second-order valence-electron chi connectivity index (χ2n) is 7.16. The summed E-state index contributed by atoms with van der Waals surface area (Å²) in [5.74, 6) is 6.04. The highest BCUT2D eigenvalue weighted by molar-refractivity contribution is 7.88. The van der Waals surface area contributed by atoms with Crippen LogP contribution in [0.2, 0.25) is 0 Å². The Morgan fingerprint density at radius 1 is 1.43 bits per heavy atom. The van der Waals surface area contributed by atoms with Crippen molar-refractivity contribution in [3.63, 3.8) is 0 Å². The first kappa shape index (κ1) is 18.8. The number of piperidine rings is 1. The van der Waals surface area contributed by atoms with E-state index in [1.54, 1.807) is 11.4 Å². The fraction of sp³-hybridized carbons (Fsp3) is 1.00. The molecule has 1 aliphatic heterocycles. The van der Waals surface area contributed by atoms with Crippen LogP contribution in [0.5, 0.6) is 0 Å². The van der Waals surface area contributed by atoms with Gasteiger partial charge in [0.1, 0.15) is 0 Å². The molecule has 0 radical (unpaired) electrons. The lowest BCUT2D eigenvalue weighted by atomic mass is 9.80. The van der Waals surface area contributed by atoms with Crippen LogP contribution in [0.15, 0.2) is 0 Å². The summed E-state index contributed by atoms with van der Waals surface area (Å²) in [5.41, 5.74) is 2.84. The van der Waals surface area contributed by atoms with Crippen LogP contribution in [0.3, 0.4) is 0 Å². The van der Waals surface area contributed by atoms with E-state index in [2.05, 4.69) is 26.2 Å². The van der Waals surface area contributed by atoms with Crippen LogP contribution in [0.25, 0.3) is 0 Å². The van der Waals surface area contributed by atoms with Crippen LogP contribution in [-0.2, 0) is 14.8 Å². The van der Waals surface area contributed by atoms with Crippen molar-refractivity contribution in [1.29, 1.82) is 0 Å². The minimum atomic E-state index is -3.11. The first-order valence-electron chi connectivity index (χ1n) is 7.53. The Balaban J connectivity index is 2.73. The average Bonchev–Trinajstić information content (AvgIpc) is 2.36. The molecule has 1 rings (SSSR count). The zero-order chi connectivity index (χ0) is 16.3. The van der Waals surface area contributed by atoms with Gasteiger partial charge in [-0.3, -0.25) is 11.3 Å². The summed E-state index contributed by atoms with van der Waals surface area (Å²) < 4.78 is 30.6. The van der Waals surface area contributed by atoms with Gasteiger partial charge in [-0.1, -0.05) is 20.8 Å². The number of nitrogens with one attached hydrogen (secondary N) is 1. The van der Waals surface area contributed by atoms with E-state index in [0.717, 1.165) is 19.3 Å². The molecule has 0 saturated carbocycles. The second-order valence-corrected chi connectivity index (χ2v) is 9.14. The Labute approximate surface area is 129 Å². The van der Waals surface area contributed by atoms with E-state index >= 15 is 0 Å². The smallest absolute Gasteiger partial charge is 0.211 e. The fourth-order valence-corrected chi connectivity index (χ4v) is 4.22. The summed E-state index contributed by atoms with van der Waals surface area (Å²) in [5, 5.41) is 0. The van der Waals surface area contributed by atoms with Gasteiger partial charge in [0.25, 0.3) is 0 Å². The lowest BCUT2D eigenvalue weighted by Gasteiger charge is -2.39. The molecular formula is C14H31N3O3S. The van der Waals surface area contributed by atoms with E-state index in [4.69, 9.17) is 10.6 Å². The lowest BCUT2D eigenvalue weighted by Crippen LogP contribution is -2.52. The molecule has 1 saturated heterocycles. The Morgan fingerprint density at radius 3 is 2.48 bits per heavy atom. The van der Waals surface area contributed by atoms with Crippen molar-refractivity contribution in [2.45, 2.75) is 52.2 Å². The number of hydrogen-bond acceptors (Lipinski definition) is 5. The van der Waals surface area contributed by atoms with Gasteiger partial charge < -0.3 is 4.74 Å². The third-order valence-electron chi connectivity index (χ3n) is 4.23. The Hall–Kier alpha value is -0.210. The van der Waals surface area contributed by atoms with Gasteiger partial charge in [0.15, 0.2) is 0 Å². The van der Waals surface area contributed by atoms with Crippen molar-refractivity contribution in [2.75, 3.05) is 26.5 Å². The molecule has 0 aromatic heterocycles. The highest BCUT2D eigenvalue weighted by Crippen LogP contribution is 2.30. The van der Waals surface area contributed by atoms with E-state index in [9.17, 15) is 8.42 Å². The van der Waals surface area contributed by atoms with Crippen LogP contribution in [-0.4, -0.2) is 51.3 Å². The molecule has 1 heterocycles. The molecule has 3 N–H and O–H groups in total. The van der Waals surface area contributed by atoms with Gasteiger partial charge >= 0.3 is 0 Å². The van der Waals surface area contributed by atoms with Crippen LogP contribution < -0.4 is 11.3 Å². The molecule has 6 nitrogen and oxygen atoms in total. The van der Waals surface area contributed by atoms with Crippen molar-refractivity contribution in [2.24, 2.45) is 17.2 Å². The number of sulfonamides is 1. The van der Waals surface area contributed by atoms with E-state index in [-0.39, 0.29) is 17.6 Å². The van der Waals surface area contributed by atoms with E-state index in [0.29, 0.717) is 19.0 Å². The molecule has 0 aromatic rings. The van der Waals surface area contributed by atoms with Crippen LogP contribution >= 0.6 is 0 Å². The molecule has 126 valence electrons. The van der Waals surface area contributed by atoms with Crippen LogP contribution in [0.1, 0.15) is 40.0 Å². The van der Waals surface area contributed by atoms with Crippen molar-refractivity contribution in [3.05, 3.63) is 0 Å². The second kappa shape index (κ2) is 7.37. The Bertz CT molecular complexity index is 420. The van der Waals surface area contributed by atoms with Crippen molar-refractivity contribution < 1.29 is 13.2 Å². The van der Waals surface area contributed by atoms with Gasteiger partial charge in [-0.25, -0.2) is 12.7 Å². The molecular weight excluding hydrogens is 290 g/mol. The number of rotatable bonds is 6. The molecule has 21 heavy (non-hydrogen) atoms. The van der Waals surface area contributed by atoms with Crippen molar-refractivity contribution in [1.82, 2.24) is 9.73 Å². The number of hydrazine groups is 1. The third-order valence-corrected chi connectivity index (χ3v) is 5.49. The Morgan fingerprint density at radius 2 is 2.05 bits per heavy atom. The first-order valence-corrected chi connectivity index (χ1v) is 9.38. The maximum absolute atomic E-state index is 11.7. The van der Waals surface area contributed by atoms with Gasteiger partial charge in [0.2, 0.25) is 10.0 Å². The maximum atomic E-state index is 11.7. The highest BCUT2D eigenvalue weighted by Gasteiger charge is 2.35. The molecule has 3 atom stereocenters. The topological polar surface area (TPSA) is 84.7 Å². The molecule has 3 unspecified atom stereocenters. The summed E-state index contributed by atoms with van der Waals surface area (Å²) in [6.45, 7) is 7.57. The minimum Gasteiger partial charge on any atom is -0.379 e. The van der Waals surface area contributed by atoms with Gasteiger partial charge in [0.05, 0.1) is 12.4 Å². The zero-order valence-electron chi connectivity index (χ0n) is 13.9. The molecule has 0 bridgehead atoms. The number of hydrogen-bond donors (Lipinski definition) is 2.